The molecule has 0 saturated heterocycles. The molecule has 5 nitrogen and oxygen atoms in total. The molecule has 7 heteroatoms. The normalized spacial score (nSPS) is 10.2. The molecule has 0 aliphatic rings. The maximum Gasteiger partial charge on any atom is 0.250 e. The van der Waals surface area contributed by atoms with Crippen molar-refractivity contribution in [2.75, 3.05) is 12.0 Å². The Bertz CT molecular complexity index is 904. The molecule has 2 N–H and O–H groups in total. The molecule has 0 aliphatic carbocycles. The van der Waals surface area contributed by atoms with Gasteiger partial charge in [-0.05, 0) is 30.9 Å². The predicted octanol–water partition coefficient (Wildman–Crippen LogP) is 3.89. The molecule has 25 heavy (non-hydrogen) atoms. The molecule has 0 spiro atoms. The summed E-state index contributed by atoms with van der Waals surface area (Å²) in [6, 6.07) is 8.71. The van der Waals surface area contributed by atoms with Crippen molar-refractivity contribution < 1.29 is 0 Å². The predicted molar refractivity (Wildman–Crippen MR) is 108 cm³/mol. The Labute approximate surface area is 157 Å². The van der Waals surface area contributed by atoms with Crippen LogP contribution in [0.3, 0.4) is 0 Å². The highest BCUT2D eigenvalue weighted by atomic mass is 35.5. The van der Waals surface area contributed by atoms with Gasteiger partial charge >= 0.3 is 0 Å². The Balaban J connectivity index is 0.00000109. The van der Waals surface area contributed by atoms with Gasteiger partial charge in [-0.15, -0.1) is 0 Å². The zero-order valence-electron chi connectivity index (χ0n) is 14.2. The summed E-state index contributed by atoms with van der Waals surface area (Å²) in [5.74, 6) is 0. The fourth-order valence-electron chi connectivity index (χ4n) is 2.44. The highest BCUT2D eigenvalue weighted by Crippen LogP contribution is 2.29. The van der Waals surface area contributed by atoms with Crippen molar-refractivity contribution in [3.63, 3.8) is 0 Å². The third-order valence-electron chi connectivity index (χ3n) is 3.58. The van der Waals surface area contributed by atoms with E-state index in [0.717, 1.165) is 23.2 Å². The molecule has 1 aromatic carbocycles. The fourth-order valence-corrected chi connectivity index (χ4v) is 2.74. The SMILES string of the molecule is CCCn1cc(-n2cc(-c3ccc(N)cc3Cl)cn2)ccc1=O.CS. The van der Waals surface area contributed by atoms with Crippen LogP contribution < -0.4 is 11.3 Å². The van der Waals surface area contributed by atoms with Crippen molar-refractivity contribution in [1.29, 1.82) is 0 Å². The highest BCUT2D eigenvalue weighted by molar-refractivity contribution is 7.79. The number of nitrogen functional groups attached to an aromatic ring is 1. The number of pyridine rings is 1. The minimum Gasteiger partial charge on any atom is -0.399 e. The molecule has 2 heterocycles. The maximum atomic E-state index is 11.8. The molecular formula is C18H21ClN4OS. The quantitative estimate of drug-likeness (QED) is 0.536. The molecule has 0 unspecified atom stereocenters. The van der Waals surface area contributed by atoms with Crippen LogP contribution in [0.2, 0.25) is 5.02 Å². The molecular weight excluding hydrogens is 356 g/mol. The van der Waals surface area contributed by atoms with Crippen LogP contribution in [0.25, 0.3) is 16.8 Å². The number of rotatable bonds is 4. The molecule has 0 bridgehead atoms. The average Bonchev–Trinajstić information content (AvgIpc) is 3.08. The van der Waals surface area contributed by atoms with Crippen LogP contribution in [0.15, 0.2) is 53.7 Å². The van der Waals surface area contributed by atoms with Crippen molar-refractivity contribution in [3.05, 3.63) is 64.3 Å². The van der Waals surface area contributed by atoms with Crippen LogP contribution in [0.5, 0.6) is 0 Å². The van der Waals surface area contributed by atoms with E-state index in [4.69, 9.17) is 17.3 Å². The minimum atomic E-state index is -0.00967. The van der Waals surface area contributed by atoms with Gasteiger partial charge in [-0.2, -0.15) is 17.7 Å². The molecule has 3 aromatic rings. The van der Waals surface area contributed by atoms with Gasteiger partial charge < -0.3 is 10.3 Å². The molecule has 0 atom stereocenters. The Morgan fingerprint density at radius 2 is 1.96 bits per heavy atom. The molecule has 0 aliphatic heterocycles. The first-order valence-corrected chi connectivity index (χ1v) is 9.11. The van der Waals surface area contributed by atoms with Crippen LogP contribution in [0, 0.1) is 0 Å². The highest BCUT2D eigenvalue weighted by Gasteiger charge is 2.08. The number of hydrogen-bond donors (Lipinski definition) is 2. The first kappa shape index (κ1) is 19.1. The van der Waals surface area contributed by atoms with E-state index in [0.29, 0.717) is 17.3 Å². The summed E-state index contributed by atoms with van der Waals surface area (Å²) >= 11 is 9.77. The molecule has 0 radical (unpaired) electrons. The zero-order chi connectivity index (χ0) is 18.4. The molecule has 132 valence electrons. The van der Waals surface area contributed by atoms with E-state index < -0.39 is 0 Å². The summed E-state index contributed by atoms with van der Waals surface area (Å²) in [5, 5.41) is 4.95. The number of nitrogens with zero attached hydrogens (tertiary/aromatic N) is 3. The van der Waals surface area contributed by atoms with Crippen LogP contribution in [0.4, 0.5) is 5.69 Å². The Morgan fingerprint density at radius 1 is 1.20 bits per heavy atom. The number of aryl methyl sites for hydroxylation is 1. The van der Waals surface area contributed by atoms with Gasteiger partial charge in [-0.3, -0.25) is 4.79 Å². The smallest absolute Gasteiger partial charge is 0.250 e. The number of benzene rings is 1. The van der Waals surface area contributed by atoms with Crippen LogP contribution in [-0.2, 0) is 6.54 Å². The van der Waals surface area contributed by atoms with E-state index in [1.165, 1.54) is 0 Å². The summed E-state index contributed by atoms with van der Waals surface area (Å²) < 4.78 is 3.42. The van der Waals surface area contributed by atoms with E-state index >= 15 is 0 Å². The van der Waals surface area contributed by atoms with Crippen molar-refractivity contribution in [2.24, 2.45) is 0 Å². The van der Waals surface area contributed by atoms with E-state index in [-0.39, 0.29) is 5.56 Å². The van der Waals surface area contributed by atoms with E-state index in [1.54, 1.807) is 46.0 Å². The lowest BCUT2D eigenvalue weighted by molar-refractivity contribution is 0.648. The first-order valence-electron chi connectivity index (χ1n) is 7.84. The van der Waals surface area contributed by atoms with Crippen molar-refractivity contribution in [2.45, 2.75) is 19.9 Å². The second-order valence-corrected chi connectivity index (χ2v) is 5.74. The number of hydrogen-bond acceptors (Lipinski definition) is 4. The number of halogens is 1. The topological polar surface area (TPSA) is 65.8 Å². The molecule has 0 fully saturated rings. The van der Waals surface area contributed by atoms with Crippen LogP contribution in [0.1, 0.15) is 13.3 Å². The third kappa shape index (κ3) is 4.46. The Kier molecular flexibility index (Phi) is 6.73. The maximum absolute atomic E-state index is 11.8. The van der Waals surface area contributed by atoms with E-state index in [2.05, 4.69) is 17.7 Å². The summed E-state index contributed by atoms with van der Waals surface area (Å²) in [7, 11) is 0. The number of aromatic nitrogens is 3. The average molecular weight is 377 g/mol. The molecule has 0 saturated carbocycles. The minimum absolute atomic E-state index is 0.00967. The largest absolute Gasteiger partial charge is 0.399 e. The summed E-state index contributed by atoms with van der Waals surface area (Å²) in [6.07, 6.45) is 8.03. The van der Waals surface area contributed by atoms with Crippen molar-refractivity contribution in [1.82, 2.24) is 14.3 Å². The lowest BCUT2D eigenvalue weighted by Crippen LogP contribution is -2.19. The zero-order valence-corrected chi connectivity index (χ0v) is 15.8. The molecule has 2 aromatic heterocycles. The van der Waals surface area contributed by atoms with Gasteiger partial charge in [0.05, 0.1) is 16.9 Å². The lowest BCUT2D eigenvalue weighted by atomic mass is 10.1. The molecule has 3 rings (SSSR count). The fraction of sp³-hybridized carbons (Fsp3) is 0.222. The number of nitrogens with two attached hydrogens (primary N) is 1. The summed E-state index contributed by atoms with van der Waals surface area (Å²) in [4.78, 5) is 11.8. The first-order chi connectivity index (χ1) is 12.1. The van der Waals surface area contributed by atoms with Gasteiger partial charge in [0, 0.05) is 41.8 Å². The second-order valence-electron chi connectivity index (χ2n) is 5.33. The Morgan fingerprint density at radius 3 is 2.64 bits per heavy atom. The van der Waals surface area contributed by atoms with E-state index in [1.807, 2.05) is 25.4 Å². The van der Waals surface area contributed by atoms with Crippen LogP contribution >= 0.6 is 24.2 Å². The third-order valence-corrected chi connectivity index (χ3v) is 3.90. The van der Waals surface area contributed by atoms with Gasteiger partial charge in [-0.1, -0.05) is 24.6 Å². The van der Waals surface area contributed by atoms with Gasteiger partial charge in [0.2, 0.25) is 0 Å². The van der Waals surface area contributed by atoms with Gasteiger partial charge in [-0.25, -0.2) is 4.68 Å². The van der Waals surface area contributed by atoms with Gasteiger partial charge in [0.25, 0.3) is 5.56 Å². The lowest BCUT2D eigenvalue weighted by Gasteiger charge is -2.07. The van der Waals surface area contributed by atoms with Crippen molar-refractivity contribution in [3.8, 4) is 16.8 Å². The number of thiol groups is 1. The monoisotopic (exact) mass is 376 g/mol. The second kappa shape index (κ2) is 8.78. The standard InChI is InChI=1S/C17H17ClN4O.CH4S/c1-2-7-21-11-14(4-6-17(21)23)22-10-12(9-20-22)15-5-3-13(19)8-16(15)18;1-2/h3-6,8-11H,2,7,19H2,1H3;2H,1H3. The summed E-state index contributed by atoms with van der Waals surface area (Å²) in [5.41, 5.74) is 8.93. The van der Waals surface area contributed by atoms with Crippen LogP contribution in [-0.4, -0.2) is 20.6 Å². The van der Waals surface area contributed by atoms with Crippen molar-refractivity contribution >= 4 is 29.9 Å². The van der Waals surface area contributed by atoms with Gasteiger partial charge in [0.15, 0.2) is 0 Å². The molecule has 0 amide bonds. The summed E-state index contributed by atoms with van der Waals surface area (Å²) in [6.45, 7) is 2.72. The Hall–Kier alpha value is -2.18. The number of anilines is 1. The van der Waals surface area contributed by atoms with Gasteiger partial charge in [0.1, 0.15) is 0 Å². The van der Waals surface area contributed by atoms with E-state index in [9.17, 15) is 4.79 Å².